The Morgan fingerprint density at radius 3 is 2.50 bits per heavy atom. The van der Waals surface area contributed by atoms with Gasteiger partial charge in [0.15, 0.2) is 0 Å². The van der Waals surface area contributed by atoms with Crippen LogP contribution in [0.2, 0.25) is 0 Å². The number of benzene rings is 1. The Hall–Kier alpha value is -1.59. The molecule has 2 heteroatoms. The van der Waals surface area contributed by atoms with E-state index >= 15 is 0 Å². The van der Waals surface area contributed by atoms with Crippen LogP contribution in [0.3, 0.4) is 0 Å². The molecule has 0 aliphatic heterocycles. The molecule has 0 radical (unpaired) electrons. The van der Waals surface area contributed by atoms with Crippen molar-refractivity contribution in [2.45, 2.75) is 77.0 Å². The van der Waals surface area contributed by atoms with Crippen LogP contribution >= 0.6 is 0 Å². The van der Waals surface area contributed by atoms with E-state index in [0.29, 0.717) is 5.92 Å². The van der Waals surface area contributed by atoms with Crippen LogP contribution in [0, 0.1) is 17.2 Å². The van der Waals surface area contributed by atoms with Gasteiger partial charge in [0.1, 0.15) is 0 Å². The summed E-state index contributed by atoms with van der Waals surface area (Å²) in [5, 5.41) is 8.91. The van der Waals surface area contributed by atoms with Crippen molar-refractivity contribution in [2.24, 2.45) is 5.92 Å². The molecule has 0 heterocycles. The molecule has 1 aliphatic carbocycles. The zero-order chi connectivity index (χ0) is 18.5. The summed E-state index contributed by atoms with van der Waals surface area (Å²) in [6.45, 7) is 3.90. The number of ether oxygens (including phenoxy) is 1. The van der Waals surface area contributed by atoms with Gasteiger partial charge >= 0.3 is 0 Å². The molecule has 0 amide bonds. The van der Waals surface area contributed by atoms with E-state index in [1.165, 1.54) is 69.8 Å². The number of nitrogens with zero attached hydrogens (tertiary/aromatic N) is 1. The minimum Gasteiger partial charge on any atom is -0.377 e. The fourth-order valence-electron chi connectivity index (χ4n) is 3.91. The van der Waals surface area contributed by atoms with Crippen molar-refractivity contribution < 1.29 is 4.74 Å². The van der Waals surface area contributed by atoms with Crippen LogP contribution in [-0.2, 0) is 4.74 Å². The molecule has 0 saturated heterocycles. The molecular weight excluding hydrogens is 318 g/mol. The highest BCUT2D eigenvalue weighted by molar-refractivity contribution is 5.33. The third kappa shape index (κ3) is 7.75. The molecular formula is C24H35NO. The van der Waals surface area contributed by atoms with E-state index in [9.17, 15) is 0 Å². The van der Waals surface area contributed by atoms with E-state index < -0.39 is 0 Å². The van der Waals surface area contributed by atoms with Crippen LogP contribution < -0.4 is 0 Å². The van der Waals surface area contributed by atoms with Crippen LogP contribution in [0.1, 0.15) is 88.2 Å². The van der Waals surface area contributed by atoms with Crippen LogP contribution in [0.25, 0.3) is 0 Å². The van der Waals surface area contributed by atoms with Crippen molar-refractivity contribution in [3.63, 3.8) is 0 Å². The lowest BCUT2D eigenvalue weighted by atomic mass is 9.77. The van der Waals surface area contributed by atoms with Crippen LogP contribution in [0.5, 0.6) is 0 Å². The van der Waals surface area contributed by atoms with E-state index in [4.69, 9.17) is 10.00 Å². The minimum absolute atomic E-state index is 0.696. The number of unbranched alkanes of at least 4 members (excludes halogenated alkanes) is 3. The Morgan fingerprint density at radius 2 is 1.81 bits per heavy atom. The fourth-order valence-corrected chi connectivity index (χ4v) is 3.91. The number of hydrogen-bond acceptors (Lipinski definition) is 2. The SMILES string of the molecule is CCCC/C=C/COCCCCC1CCC(c2ccc(C#N)cc2)CC1. The Bertz CT molecular complexity index is 547. The maximum Gasteiger partial charge on any atom is 0.0991 e. The average molecular weight is 354 g/mol. The second-order valence-corrected chi connectivity index (χ2v) is 7.64. The smallest absolute Gasteiger partial charge is 0.0991 e. The zero-order valence-electron chi connectivity index (χ0n) is 16.5. The number of hydrogen-bond donors (Lipinski definition) is 0. The summed E-state index contributed by atoms with van der Waals surface area (Å²) in [5.74, 6) is 1.60. The molecule has 1 aliphatic rings. The molecule has 0 spiro atoms. The van der Waals surface area contributed by atoms with Crippen molar-refractivity contribution in [2.75, 3.05) is 13.2 Å². The predicted octanol–water partition coefficient (Wildman–Crippen LogP) is 6.77. The van der Waals surface area contributed by atoms with Crippen molar-refractivity contribution >= 4 is 0 Å². The Morgan fingerprint density at radius 1 is 1.04 bits per heavy atom. The molecule has 2 nitrogen and oxygen atoms in total. The summed E-state index contributed by atoms with van der Waals surface area (Å²) in [6.07, 6.45) is 17.3. The lowest BCUT2D eigenvalue weighted by molar-refractivity contribution is 0.154. The van der Waals surface area contributed by atoms with Crippen molar-refractivity contribution in [3.8, 4) is 6.07 Å². The van der Waals surface area contributed by atoms with E-state index in [1.54, 1.807) is 0 Å². The molecule has 1 aromatic rings. The lowest BCUT2D eigenvalue weighted by Crippen LogP contribution is -2.13. The van der Waals surface area contributed by atoms with E-state index in [1.807, 2.05) is 12.1 Å². The zero-order valence-corrected chi connectivity index (χ0v) is 16.5. The molecule has 1 aromatic carbocycles. The van der Waals surface area contributed by atoms with Gasteiger partial charge in [-0.15, -0.1) is 0 Å². The van der Waals surface area contributed by atoms with Gasteiger partial charge in [-0.2, -0.15) is 5.26 Å². The first-order chi connectivity index (χ1) is 12.8. The normalized spacial score (nSPS) is 20.3. The number of nitriles is 1. The van der Waals surface area contributed by atoms with Gasteiger partial charge in [0.25, 0.3) is 0 Å². The first-order valence-corrected chi connectivity index (χ1v) is 10.6. The van der Waals surface area contributed by atoms with E-state index in [-0.39, 0.29) is 0 Å². The highest BCUT2D eigenvalue weighted by atomic mass is 16.5. The first-order valence-electron chi connectivity index (χ1n) is 10.6. The molecule has 2 rings (SSSR count). The van der Waals surface area contributed by atoms with Gasteiger partial charge < -0.3 is 4.74 Å². The van der Waals surface area contributed by atoms with Crippen LogP contribution in [0.15, 0.2) is 36.4 Å². The third-order valence-corrected chi connectivity index (χ3v) is 5.61. The standard InChI is InChI=1S/C24H35NO/c1-2-3-4-5-7-18-26-19-8-6-9-21-10-14-23(15-11-21)24-16-12-22(20-25)13-17-24/h5,7,12-13,16-17,21,23H,2-4,6,8-11,14-15,18-19H2,1H3/b7-5+. The summed E-state index contributed by atoms with van der Waals surface area (Å²) < 4.78 is 5.69. The number of allylic oxidation sites excluding steroid dienone is 1. The summed E-state index contributed by atoms with van der Waals surface area (Å²) >= 11 is 0. The molecule has 1 saturated carbocycles. The van der Waals surface area contributed by atoms with Gasteiger partial charge in [0.05, 0.1) is 18.2 Å². The average Bonchev–Trinajstić information content (AvgIpc) is 2.70. The Labute approximate surface area is 160 Å². The van der Waals surface area contributed by atoms with Gasteiger partial charge in [-0.1, -0.05) is 56.9 Å². The van der Waals surface area contributed by atoms with Gasteiger partial charge in [-0.3, -0.25) is 0 Å². The van der Waals surface area contributed by atoms with Crippen molar-refractivity contribution in [3.05, 3.63) is 47.5 Å². The molecule has 1 fully saturated rings. The quantitative estimate of drug-likeness (QED) is 0.325. The highest BCUT2D eigenvalue weighted by Gasteiger charge is 2.21. The fraction of sp³-hybridized carbons (Fsp3) is 0.625. The topological polar surface area (TPSA) is 33.0 Å². The van der Waals surface area contributed by atoms with E-state index in [0.717, 1.165) is 24.7 Å². The summed E-state index contributed by atoms with van der Waals surface area (Å²) in [5.41, 5.74) is 2.18. The first kappa shape index (κ1) is 20.7. The van der Waals surface area contributed by atoms with Crippen LogP contribution in [-0.4, -0.2) is 13.2 Å². The largest absolute Gasteiger partial charge is 0.377 e. The van der Waals surface area contributed by atoms with Gasteiger partial charge in [0, 0.05) is 6.61 Å². The maximum atomic E-state index is 8.91. The summed E-state index contributed by atoms with van der Waals surface area (Å²) in [6, 6.07) is 10.4. The monoisotopic (exact) mass is 353 g/mol. The molecule has 0 atom stereocenters. The second-order valence-electron chi connectivity index (χ2n) is 7.64. The number of rotatable bonds is 11. The van der Waals surface area contributed by atoms with Gasteiger partial charge in [-0.05, 0) is 68.1 Å². The summed E-state index contributed by atoms with van der Waals surface area (Å²) in [4.78, 5) is 0. The molecule has 26 heavy (non-hydrogen) atoms. The molecule has 0 unspecified atom stereocenters. The van der Waals surface area contributed by atoms with Crippen molar-refractivity contribution in [1.82, 2.24) is 0 Å². The second kappa shape index (κ2) is 12.7. The lowest BCUT2D eigenvalue weighted by Gasteiger charge is -2.29. The highest BCUT2D eigenvalue weighted by Crippen LogP contribution is 2.37. The minimum atomic E-state index is 0.696. The van der Waals surface area contributed by atoms with Gasteiger partial charge in [-0.25, -0.2) is 0 Å². The van der Waals surface area contributed by atoms with Crippen LogP contribution in [0.4, 0.5) is 0 Å². The molecule has 0 N–H and O–H groups in total. The third-order valence-electron chi connectivity index (χ3n) is 5.61. The Balaban J connectivity index is 1.51. The predicted molar refractivity (Wildman–Crippen MR) is 109 cm³/mol. The maximum absolute atomic E-state index is 8.91. The van der Waals surface area contributed by atoms with Gasteiger partial charge in [0.2, 0.25) is 0 Å². The molecule has 0 bridgehead atoms. The molecule has 0 aromatic heterocycles. The molecule has 142 valence electrons. The summed E-state index contributed by atoms with van der Waals surface area (Å²) in [7, 11) is 0. The Kier molecular flexibility index (Phi) is 10.1. The van der Waals surface area contributed by atoms with E-state index in [2.05, 4.69) is 37.3 Å². The van der Waals surface area contributed by atoms with Crippen molar-refractivity contribution in [1.29, 1.82) is 5.26 Å².